The molecule has 2 N–H and O–H groups in total. The summed E-state index contributed by atoms with van der Waals surface area (Å²) in [6, 6.07) is 20.3. The molecule has 2 aromatic heterocycles. The Balaban J connectivity index is 1.72. The van der Waals surface area contributed by atoms with Crippen LogP contribution in [0.25, 0.3) is 5.69 Å². The van der Waals surface area contributed by atoms with Gasteiger partial charge < -0.3 is 24.6 Å². The summed E-state index contributed by atoms with van der Waals surface area (Å²) in [5, 5.41) is 15.3. The highest BCUT2D eigenvalue weighted by Gasteiger charge is 2.43. The van der Waals surface area contributed by atoms with Gasteiger partial charge in [0.05, 0.1) is 36.3 Å². The molecule has 178 valence electrons. The van der Waals surface area contributed by atoms with Crippen LogP contribution in [0.1, 0.15) is 34.7 Å². The molecule has 5 rings (SSSR count). The summed E-state index contributed by atoms with van der Waals surface area (Å²) in [5.74, 6) is 0.885. The lowest BCUT2D eigenvalue weighted by Crippen LogP contribution is -2.29. The van der Waals surface area contributed by atoms with Crippen molar-refractivity contribution in [2.75, 3.05) is 12.0 Å². The number of methoxy groups -OCH3 is 1. The molecule has 4 aromatic rings. The molecule has 1 fully saturated rings. The second-order valence-electron chi connectivity index (χ2n) is 8.46. The molecule has 0 bridgehead atoms. The zero-order chi connectivity index (χ0) is 24.7. The fourth-order valence-electron chi connectivity index (χ4n) is 4.89. The highest BCUT2D eigenvalue weighted by atomic mass is 35.5. The second kappa shape index (κ2) is 9.24. The Morgan fingerprint density at radius 2 is 1.80 bits per heavy atom. The van der Waals surface area contributed by atoms with E-state index >= 15 is 0 Å². The lowest BCUT2D eigenvalue weighted by molar-refractivity contribution is 0.412. The van der Waals surface area contributed by atoms with E-state index in [9.17, 15) is 5.11 Å². The quantitative estimate of drug-likeness (QED) is 0.323. The van der Waals surface area contributed by atoms with Crippen LogP contribution in [0.15, 0.2) is 72.9 Å². The number of aromatic hydroxyl groups is 1. The third-order valence-electron chi connectivity index (χ3n) is 6.41. The van der Waals surface area contributed by atoms with Gasteiger partial charge in [0.25, 0.3) is 0 Å². The van der Waals surface area contributed by atoms with Gasteiger partial charge in [-0.05, 0) is 80.2 Å². The fraction of sp³-hybridized carbons (Fsp3) is 0.185. The number of phenolic OH excluding ortho intramolecular Hbond substituents is 1. The van der Waals surface area contributed by atoms with E-state index in [1.807, 2.05) is 53.4 Å². The Hall–Kier alpha value is -3.55. The molecule has 0 unspecified atom stereocenters. The van der Waals surface area contributed by atoms with Crippen molar-refractivity contribution < 1.29 is 9.84 Å². The molecule has 1 aliphatic rings. The minimum atomic E-state index is -0.254. The zero-order valence-corrected chi connectivity index (χ0v) is 21.1. The van der Waals surface area contributed by atoms with Crippen LogP contribution in [0.4, 0.5) is 5.69 Å². The summed E-state index contributed by atoms with van der Waals surface area (Å²) in [5.41, 5.74) is 5.45. The number of nitrogens with one attached hydrogen (secondary N) is 1. The molecule has 0 amide bonds. The van der Waals surface area contributed by atoms with Gasteiger partial charge in [-0.1, -0.05) is 29.8 Å². The Kier molecular flexibility index (Phi) is 6.13. The van der Waals surface area contributed by atoms with E-state index in [2.05, 4.69) is 34.8 Å². The van der Waals surface area contributed by atoms with Crippen LogP contribution in [0.2, 0.25) is 5.02 Å². The third-order valence-corrected chi connectivity index (χ3v) is 6.96. The number of hydrogen-bond acceptors (Lipinski definition) is 4. The molecule has 2 aromatic carbocycles. The summed E-state index contributed by atoms with van der Waals surface area (Å²) < 4.78 is 7.79. The Morgan fingerprint density at radius 1 is 1.03 bits per heavy atom. The number of para-hydroxylation sites is 2. The number of ether oxygens (including phenoxy) is 1. The maximum atomic E-state index is 10.7. The normalized spacial score (nSPS) is 17.5. The van der Waals surface area contributed by atoms with Gasteiger partial charge >= 0.3 is 0 Å². The number of nitrogens with zero attached hydrogens (tertiary/aromatic N) is 3. The molecular weight excluding hydrogens is 480 g/mol. The number of halogens is 1. The SMILES string of the molecule is COc1ccc(Cl)cc1-n1c(C)cc([C@@H]2[C@H](c3ccccn3)NC(=S)N2c2ccccc2O)c1C. The van der Waals surface area contributed by atoms with Crippen LogP contribution >= 0.6 is 23.8 Å². The van der Waals surface area contributed by atoms with Gasteiger partial charge in [0, 0.05) is 22.6 Å². The summed E-state index contributed by atoms with van der Waals surface area (Å²) in [4.78, 5) is 6.60. The van der Waals surface area contributed by atoms with Crippen molar-refractivity contribution in [2.45, 2.75) is 25.9 Å². The van der Waals surface area contributed by atoms with Crippen molar-refractivity contribution in [3.63, 3.8) is 0 Å². The monoisotopic (exact) mass is 504 g/mol. The van der Waals surface area contributed by atoms with Crippen molar-refractivity contribution in [1.29, 1.82) is 0 Å². The maximum Gasteiger partial charge on any atom is 0.174 e. The van der Waals surface area contributed by atoms with Crippen LogP contribution in [-0.2, 0) is 0 Å². The van der Waals surface area contributed by atoms with Gasteiger partial charge in [-0.3, -0.25) is 4.98 Å². The number of aryl methyl sites for hydroxylation is 1. The smallest absolute Gasteiger partial charge is 0.174 e. The fourth-order valence-corrected chi connectivity index (χ4v) is 5.40. The number of rotatable bonds is 5. The molecule has 0 spiro atoms. The standard InChI is InChI=1S/C27H25ClN4O2S/c1-16-14-19(17(2)31(16)22-15-18(28)11-12-24(22)34-3)26-25(20-8-6-7-13-29-20)30-27(35)32(26)21-9-4-5-10-23(21)33/h4-15,25-26,33H,1-3H3,(H,30,35)/t25-,26+/m0/s1. The first kappa shape index (κ1) is 23.2. The minimum absolute atomic E-state index is 0.161. The molecule has 8 heteroatoms. The molecule has 6 nitrogen and oxygen atoms in total. The van der Waals surface area contributed by atoms with Crippen LogP contribution < -0.4 is 15.0 Å². The van der Waals surface area contributed by atoms with E-state index < -0.39 is 0 Å². The van der Waals surface area contributed by atoms with Gasteiger partial charge in [-0.15, -0.1) is 0 Å². The maximum absolute atomic E-state index is 10.7. The molecule has 0 aliphatic carbocycles. The van der Waals surface area contributed by atoms with E-state index in [0.29, 0.717) is 15.8 Å². The number of thiocarbonyl (C=S) groups is 1. The van der Waals surface area contributed by atoms with Crippen LogP contribution in [-0.4, -0.2) is 26.9 Å². The molecule has 3 heterocycles. The summed E-state index contributed by atoms with van der Waals surface area (Å²) in [6.45, 7) is 4.13. The largest absolute Gasteiger partial charge is 0.506 e. The molecule has 2 atom stereocenters. The Bertz CT molecular complexity index is 1410. The van der Waals surface area contributed by atoms with Gasteiger partial charge in [0.15, 0.2) is 5.11 Å². The van der Waals surface area contributed by atoms with E-state index in [4.69, 9.17) is 28.6 Å². The topological polar surface area (TPSA) is 62.5 Å². The van der Waals surface area contributed by atoms with E-state index in [1.54, 1.807) is 25.4 Å². The van der Waals surface area contributed by atoms with E-state index in [1.165, 1.54) is 0 Å². The van der Waals surface area contributed by atoms with Gasteiger partial charge in [-0.25, -0.2) is 0 Å². The van der Waals surface area contributed by atoms with Crippen LogP contribution in [0, 0.1) is 13.8 Å². The first-order chi connectivity index (χ1) is 16.9. The lowest BCUT2D eigenvalue weighted by Gasteiger charge is -2.28. The average molecular weight is 505 g/mol. The molecule has 0 radical (unpaired) electrons. The number of anilines is 1. The van der Waals surface area contributed by atoms with E-state index in [0.717, 1.165) is 34.1 Å². The zero-order valence-electron chi connectivity index (χ0n) is 19.6. The predicted molar refractivity (Wildman–Crippen MR) is 143 cm³/mol. The number of phenols is 1. The van der Waals surface area contributed by atoms with Crippen molar-refractivity contribution in [3.05, 3.63) is 101 Å². The Morgan fingerprint density at radius 3 is 2.51 bits per heavy atom. The number of aromatic nitrogens is 2. The molecule has 1 saturated heterocycles. The van der Waals surface area contributed by atoms with Crippen molar-refractivity contribution >= 4 is 34.6 Å². The lowest BCUT2D eigenvalue weighted by atomic mass is 9.96. The summed E-state index contributed by atoms with van der Waals surface area (Å²) in [7, 11) is 1.65. The van der Waals surface area contributed by atoms with Crippen LogP contribution in [0.3, 0.4) is 0 Å². The van der Waals surface area contributed by atoms with E-state index in [-0.39, 0.29) is 17.8 Å². The number of hydrogen-bond donors (Lipinski definition) is 2. The predicted octanol–water partition coefficient (Wildman–Crippen LogP) is 6.03. The second-order valence-corrected chi connectivity index (χ2v) is 9.29. The molecule has 1 aliphatic heterocycles. The van der Waals surface area contributed by atoms with Gasteiger partial charge in [-0.2, -0.15) is 0 Å². The van der Waals surface area contributed by atoms with Gasteiger partial charge in [0.2, 0.25) is 0 Å². The average Bonchev–Trinajstić information content (AvgIpc) is 3.35. The van der Waals surface area contributed by atoms with Crippen molar-refractivity contribution in [2.24, 2.45) is 0 Å². The molecule has 35 heavy (non-hydrogen) atoms. The first-order valence-electron chi connectivity index (χ1n) is 11.2. The third kappa shape index (κ3) is 4.00. The highest BCUT2D eigenvalue weighted by molar-refractivity contribution is 7.80. The van der Waals surface area contributed by atoms with Crippen LogP contribution in [0.5, 0.6) is 11.5 Å². The molecular formula is C27H25ClN4O2S. The first-order valence-corrected chi connectivity index (χ1v) is 12.0. The number of pyridine rings is 1. The highest BCUT2D eigenvalue weighted by Crippen LogP contribution is 2.46. The summed E-state index contributed by atoms with van der Waals surface area (Å²) in [6.07, 6.45) is 1.78. The Labute approximate surface area is 214 Å². The van der Waals surface area contributed by atoms with Crippen molar-refractivity contribution in [3.8, 4) is 17.2 Å². The minimum Gasteiger partial charge on any atom is -0.506 e. The van der Waals surface area contributed by atoms with Gasteiger partial charge in [0.1, 0.15) is 11.5 Å². The number of benzene rings is 2. The summed E-state index contributed by atoms with van der Waals surface area (Å²) >= 11 is 12.2. The van der Waals surface area contributed by atoms with Crippen molar-refractivity contribution in [1.82, 2.24) is 14.9 Å². The molecule has 0 saturated carbocycles.